The summed E-state index contributed by atoms with van der Waals surface area (Å²) in [6, 6.07) is 7.52. The van der Waals surface area contributed by atoms with Gasteiger partial charge in [0.25, 0.3) is 0 Å². The average molecular weight is 400 g/mol. The van der Waals surface area contributed by atoms with E-state index in [-0.39, 0.29) is 12.2 Å². The summed E-state index contributed by atoms with van der Waals surface area (Å²) in [5.74, 6) is -3.20. The zero-order valence-corrected chi connectivity index (χ0v) is 16.7. The van der Waals surface area contributed by atoms with Crippen molar-refractivity contribution < 1.29 is 28.2 Å². The summed E-state index contributed by atoms with van der Waals surface area (Å²) < 4.78 is 26.1. The molecule has 0 fully saturated rings. The monoisotopic (exact) mass is 399 g/mol. The Balaban J connectivity index is 3.14. The molecule has 8 heteroatoms. The quantitative estimate of drug-likeness (QED) is 0.520. The summed E-state index contributed by atoms with van der Waals surface area (Å²) in [6.07, 6.45) is 1.77. The number of nitrogens with zero attached hydrogens (tertiary/aromatic N) is 1. The van der Waals surface area contributed by atoms with Gasteiger partial charge in [0.15, 0.2) is 0 Å². The molecule has 2 N–H and O–H groups in total. The molecule has 0 heterocycles. The van der Waals surface area contributed by atoms with Gasteiger partial charge in [0, 0.05) is 18.9 Å². The molecule has 0 spiro atoms. The van der Waals surface area contributed by atoms with Gasteiger partial charge in [0.2, 0.25) is 15.9 Å². The summed E-state index contributed by atoms with van der Waals surface area (Å²) in [6.45, 7) is 2.98. The lowest BCUT2D eigenvalue weighted by Gasteiger charge is -2.30. The lowest BCUT2D eigenvalue weighted by molar-refractivity contribution is -0.147. The van der Waals surface area contributed by atoms with Crippen LogP contribution in [0.25, 0.3) is 0 Å². The largest absolute Gasteiger partial charge is 0.480 e. The van der Waals surface area contributed by atoms with Crippen LogP contribution in [-0.4, -0.2) is 53.2 Å². The molecular formula is C19H29NO6S. The van der Waals surface area contributed by atoms with Gasteiger partial charge in [-0.15, -0.1) is 0 Å². The predicted molar refractivity (Wildman–Crippen MR) is 103 cm³/mol. The van der Waals surface area contributed by atoms with Crippen molar-refractivity contribution in [1.82, 2.24) is 4.31 Å². The molecule has 0 bridgehead atoms. The fourth-order valence-electron chi connectivity index (χ4n) is 2.85. The van der Waals surface area contributed by atoms with E-state index in [0.29, 0.717) is 23.6 Å². The maximum absolute atomic E-state index is 12.9. The second-order valence-electron chi connectivity index (χ2n) is 6.61. The van der Waals surface area contributed by atoms with E-state index >= 15 is 0 Å². The SMILES string of the molecule is CCCCCS(=O)(=O)N(C(=O)C(C)Cc1ccccc1)[C@@H](CCO)C(=O)O. The summed E-state index contributed by atoms with van der Waals surface area (Å²) in [5, 5.41) is 18.6. The Morgan fingerprint density at radius 2 is 1.78 bits per heavy atom. The van der Waals surface area contributed by atoms with Crippen molar-refractivity contribution >= 4 is 21.9 Å². The van der Waals surface area contributed by atoms with Crippen molar-refractivity contribution in [2.75, 3.05) is 12.4 Å². The van der Waals surface area contributed by atoms with Gasteiger partial charge in [-0.3, -0.25) is 4.79 Å². The minimum atomic E-state index is -4.11. The van der Waals surface area contributed by atoms with E-state index in [1.807, 2.05) is 37.3 Å². The topological polar surface area (TPSA) is 112 Å². The van der Waals surface area contributed by atoms with Gasteiger partial charge in [-0.05, 0) is 18.4 Å². The van der Waals surface area contributed by atoms with Crippen molar-refractivity contribution in [2.24, 2.45) is 5.92 Å². The van der Waals surface area contributed by atoms with Gasteiger partial charge in [0.05, 0.1) is 5.75 Å². The molecule has 0 aromatic heterocycles. The van der Waals surface area contributed by atoms with Crippen LogP contribution >= 0.6 is 0 Å². The van der Waals surface area contributed by atoms with Gasteiger partial charge in [-0.1, -0.05) is 57.0 Å². The van der Waals surface area contributed by atoms with Crippen LogP contribution in [0.4, 0.5) is 0 Å². The molecule has 1 aromatic rings. The highest BCUT2D eigenvalue weighted by Gasteiger charge is 2.39. The molecule has 0 aliphatic heterocycles. The second kappa shape index (κ2) is 11.0. The first-order valence-corrected chi connectivity index (χ1v) is 10.8. The van der Waals surface area contributed by atoms with Crippen molar-refractivity contribution in [3.8, 4) is 0 Å². The number of hydrogen-bond donors (Lipinski definition) is 2. The number of carbonyl (C=O) groups excluding carboxylic acids is 1. The first-order chi connectivity index (χ1) is 12.7. The second-order valence-corrected chi connectivity index (χ2v) is 8.58. The minimum Gasteiger partial charge on any atom is -0.480 e. The van der Waals surface area contributed by atoms with Crippen molar-refractivity contribution in [3.63, 3.8) is 0 Å². The van der Waals surface area contributed by atoms with Gasteiger partial charge in [-0.2, -0.15) is 0 Å². The van der Waals surface area contributed by atoms with Crippen molar-refractivity contribution in [2.45, 2.75) is 52.0 Å². The molecule has 2 atom stereocenters. The Labute approximate surface area is 161 Å². The number of aliphatic carboxylic acids is 1. The third-order valence-electron chi connectivity index (χ3n) is 4.30. The summed E-state index contributed by atoms with van der Waals surface area (Å²) in [5.41, 5.74) is 0.857. The summed E-state index contributed by atoms with van der Waals surface area (Å²) in [4.78, 5) is 24.6. The molecule has 1 rings (SSSR count). The van der Waals surface area contributed by atoms with Crippen LogP contribution in [0.3, 0.4) is 0 Å². The summed E-state index contributed by atoms with van der Waals surface area (Å²) >= 11 is 0. The molecule has 0 radical (unpaired) electrons. The van der Waals surface area contributed by atoms with Gasteiger partial charge in [-0.25, -0.2) is 17.5 Å². The van der Waals surface area contributed by atoms with E-state index in [9.17, 15) is 28.2 Å². The highest BCUT2D eigenvalue weighted by Crippen LogP contribution is 2.20. The zero-order chi connectivity index (χ0) is 20.4. The molecule has 0 aliphatic carbocycles. The number of benzene rings is 1. The van der Waals surface area contributed by atoms with E-state index in [2.05, 4.69) is 0 Å². The number of aliphatic hydroxyl groups excluding tert-OH is 1. The highest BCUT2D eigenvalue weighted by molar-refractivity contribution is 7.89. The molecule has 1 aromatic carbocycles. The Morgan fingerprint density at radius 1 is 1.15 bits per heavy atom. The molecule has 0 saturated heterocycles. The smallest absolute Gasteiger partial charge is 0.327 e. The van der Waals surface area contributed by atoms with Crippen LogP contribution < -0.4 is 0 Å². The van der Waals surface area contributed by atoms with Crippen LogP contribution in [0.2, 0.25) is 0 Å². The molecule has 0 saturated carbocycles. The third kappa shape index (κ3) is 6.95. The van der Waals surface area contributed by atoms with Crippen molar-refractivity contribution in [1.29, 1.82) is 0 Å². The number of sulfonamides is 1. The molecule has 27 heavy (non-hydrogen) atoms. The van der Waals surface area contributed by atoms with E-state index in [1.54, 1.807) is 6.92 Å². The number of hydrogen-bond acceptors (Lipinski definition) is 5. The number of amides is 1. The maximum Gasteiger partial charge on any atom is 0.327 e. The normalized spacial score (nSPS) is 13.7. The number of rotatable bonds is 12. The molecule has 1 amide bonds. The van der Waals surface area contributed by atoms with Gasteiger partial charge < -0.3 is 10.2 Å². The lowest BCUT2D eigenvalue weighted by Crippen LogP contribution is -2.51. The van der Waals surface area contributed by atoms with E-state index in [0.717, 1.165) is 12.0 Å². The van der Waals surface area contributed by atoms with E-state index in [1.165, 1.54) is 0 Å². The van der Waals surface area contributed by atoms with Crippen LogP contribution in [0.1, 0.15) is 45.1 Å². The van der Waals surface area contributed by atoms with Crippen LogP contribution in [0.15, 0.2) is 30.3 Å². The number of carbonyl (C=O) groups is 2. The average Bonchev–Trinajstić information content (AvgIpc) is 2.61. The van der Waals surface area contributed by atoms with Crippen LogP contribution in [-0.2, 0) is 26.0 Å². The lowest BCUT2D eigenvalue weighted by atomic mass is 10.00. The highest BCUT2D eigenvalue weighted by atomic mass is 32.2. The molecule has 1 unspecified atom stereocenters. The standard InChI is InChI=1S/C19H29NO6S/c1-3-4-8-13-27(25,26)20(17(11-12-21)19(23)24)18(22)15(2)14-16-9-6-5-7-10-16/h5-7,9-10,15,17,21H,3-4,8,11-14H2,1-2H3,(H,23,24)/t15?,17-/m0/s1. The third-order valence-corrected chi connectivity index (χ3v) is 6.14. The fourth-order valence-corrected chi connectivity index (χ4v) is 4.66. The first kappa shape index (κ1) is 23.1. The fraction of sp³-hybridized carbons (Fsp3) is 0.579. The molecule has 7 nitrogen and oxygen atoms in total. The van der Waals surface area contributed by atoms with Gasteiger partial charge in [0.1, 0.15) is 6.04 Å². The molecular weight excluding hydrogens is 370 g/mol. The number of carboxylic acids is 1. The molecule has 0 aliphatic rings. The van der Waals surface area contributed by atoms with E-state index < -0.39 is 40.5 Å². The maximum atomic E-state index is 12.9. The molecule has 152 valence electrons. The van der Waals surface area contributed by atoms with Crippen LogP contribution in [0.5, 0.6) is 0 Å². The minimum absolute atomic E-state index is 0.292. The van der Waals surface area contributed by atoms with Crippen LogP contribution in [0, 0.1) is 5.92 Å². The number of carboxylic acid groups (broad SMARTS) is 1. The zero-order valence-electron chi connectivity index (χ0n) is 15.9. The Kier molecular flexibility index (Phi) is 9.45. The Hall–Kier alpha value is -1.93. The van der Waals surface area contributed by atoms with Crippen molar-refractivity contribution in [3.05, 3.63) is 35.9 Å². The Bertz CT molecular complexity index is 704. The van der Waals surface area contributed by atoms with E-state index in [4.69, 9.17) is 0 Å². The first-order valence-electron chi connectivity index (χ1n) is 9.18. The number of unbranched alkanes of at least 4 members (excludes halogenated alkanes) is 2. The Morgan fingerprint density at radius 3 is 2.30 bits per heavy atom. The predicted octanol–water partition coefficient (Wildman–Crippen LogP) is 2.05. The number of aliphatic hydroxyl groups is 1. The van der Waals surface area contributed by atoms with Gasteiger partial charge >= 0.3 is 5.97 Å². The summed E-state index contributed by atoms with van der Waals surface area (Å²) in [7, 11) is -4.11.